The molecule has 1 aromatic heterocycles. The number of fused-ring (bicyclic) bond motifs is 1. The molecule has 152 valence electrons. The van der Waals surface area contributed by atoms with E-state index in [1.54, 1.807) is 24.3 Å². The molecular weight excluding hydrogens is 374 g/mol. The van der Waals surface area contributed by atoms with Gasteiger partial charge in [0.2, 0.25) is 0 Å². The van der Waals surface area contributed by atoms with Crippen LogP contribution in [0.4, 0.5) is 0 Å². The van der Waals surface area contributed by atoms with Crippen molar-refractivity contribution in [3.05, 3.63) is 65.9 Å². The first-order valence-electron chi connectivity index (χ1n) is 9.28. The van der Waals surface area contributed by atoms with Gasteiger partial charge in [-0.05, 0) is 43.7 Å². The van der Waals surface area contributed by atoms with E-state index in [4.69, 9.17) is 13.9 Å². The minimum Gasteiger partial charge on any atom is -0.491 e. The molecule has 0 aliphatic rings. The van der Waals surface area contributed by atoms with Gasteiger partial charge in [-0.15, -0.1) is 0 Å². The van der Waals surface area contributed by atoms with Crippen molar-refractivity contribution in [1.82, 2.24) is 5.32 Å². The summed E-state index contributed by atoms with van der Waals surface area (Å²) in [6.45, 7) is 3.93. The van der Waals surface area contributed by atoms with Crippen LogP contribution in [-0.2, 0) is 16.1 Å². The zero-order valence-electron chi connectivity index (χ0n) is 16.3. The molecule has 3 rings (SSSR count). The maximum absolute atomic E-state index is 12.5. The second kappa shape index (κ2) is 9.25. The molecule has 3 aromatic rings. The van der Waals surface area contributed by atoms with E-state index in [2.05, 4.69) is 5.32 Å². The number of ether oxygens (including phenoxy) is 2. The van der Waals surface area contributed by atoms with E-state index < -0.39 is 17.9 Å². The summed E-state index contributed by atoms with van der Waals surface area (Å²) in [5.74, 6) is -1.12. The molecule has 1 heterocycles. The molecule has 0 aliphatic heterocycles. The molecular formula is C22H23NO6. The molecule has 7 heteroatoms. The summed E-state index contributed by atoms with van der Waals surface area (Å²) in [7, 11) is 0. The Bertz CT molecular complexity index is 979. The molecule has 0 aliphatic carbocycles. The Hall–Kier alpha value is -3.32. The Kier molecular flexibility index (Phi) is 6.51. The highest BCUT2D eigenvalue weighted by molar-refractivity contribution is 5.98. The van der Waals surface area contributed by atoms with Crippen LogP contribution in [0.5, 0.6) is 5.75 Å². The molecule has 0 bridgehead atoms. The Balaban J connectivity index is 1.63. The van der Waals surface area contributed by atoms with Crippen LogP contribution in [0, 0.1) is 0 Å². The van der Waals surface area contributed by atoms with Gasteiger partial charge in [-0.25, -0.2) is 4.79 Å². The van der Waals surface area contributed by atoms with Crippen molar-refractivity contribution in [1.29, 1.82) is 0 Å². The van der Waals surface area contributed by atoms with Crippen LogP contribution in [0.1, 0.15) is 30.0 Å². The minimum absolute atomic E-state index is 0.0225. The highest BCUT2D eigenvalue weighted by Gasteiger charge is 2.23. The quantitative estimate of drug-likeness (QED) is 0.572. The van der Waals surface area contributed by atoms with Crippen LogP contribution in [0.2, 0.25) is 0 Å². The summed E-state index contributed by atoms with van der Waals surface area (Å²) < 4.78 is 16.6. The summed E-state index contributed by atoms with van der Waals surface area (Å²) in [6, 6.07) is 15.0. The third kappa shape index (κ3) is 5.58. The van der Waals surface area contributed by atoms with Gasteiger partial charge < -0.3 is 24.3 Å². The number of hydrogen-bond acceptors (Lipinski definition) is 5. The zero-order chi connectivity index (χ0) is 20.8. The second-order valence-corrected chi connectivity index (χ2v) is 6.84. The van der Waals surface area contributed by atoms with Crippen molar-refractivity contribution in [3.8, 4) is 5.75 Å². The van der Waals surface area contributed by atoms with Crippen molar-refractivity contribution < 1.29 is 28.6 Å². The van der Waals surface area contributed by atoms with Gasteiger partial charge in [-0.2, -0.15) is 0 Å². The van der Waals surface area contributed by atoms with E-state index in [0.717, 1.165) is 5.56 Å². The average molecular weight is 397 g/mol. The molecule has 0 saturated carbocycles. The number of aliphatic carboxylic acids is 1. The smallest absolute Gasteiger partial charge is 0.328 e. The van der Waals surface area contributed by atoms with E-state index in [9.17, 15) is 14.7 Å². The van der Waals surface area contributed by atoms with Crippen LogP contribution in [-0.4, -0.2) is 35.7 Å². The largest absolute Gasteiger partial charge is 0.491 e. The fraction of sp³-hybridized carbons (Fsp3) is 0.273. The zero-order valence-corrected chi connectivity index (χ0v) is 16.3. The standard InChI is InChI=1S/C22H23NO6/c1-14(2)28-17-8-9-19-16(10-17)11-20(29-19)21(24)23-18(22(25)26)13-27-12-15-6-4-3-5-7-15/h3-11,14,18H,12-13H2,1-2H3,(H,23,24)(H,25,26). The number of carboxylic acids is 1. The Morgan fingerprint density at radius 1 is 1.10 bits per heavy atom. The first-order chi connectivity index (χ1) is 13.9. The summed E-state index contributed by atoms with van der Waals surface area (Å²) in [5.41, 5.74) is 1.43. The molecule has 1 amide bonds. The molecule has 2 N–H and O–H groups in total. The highest BCUT2D eigenvalue weighted by Crippen LogP contribution is 2.25. The van der Waals surface area contributed by atoms with Crippen LogP contribution in [0.25, 0.3) is 11.0 Å². The van der Waals surface area contributed by atoms with Crippen molar-refractivity contribution in [2.24, 2.45) is 0 Å². The van der Waals surface area contributed by atoms with Gasteiger partial charge >= 0.3 is 5.97 Å². The number of amides is 1. The number of rotatable bonds is 9. The molecule has 0 spiro atoms. The number of hydrogen-bond donors (Lipinski definition) is 2. The number of carbonyl (C=O) groups excluding carboxylic acids is 1. The van der Waals surface area contributed by atoms with Crippen LogP contribution < -0.4 is 10.1 Å². The number of nitrogens with one attached hydrogen (secondary N) is 1. The number of furan rings is 1. The van der Waals surface area contributed by atoms with Crippen LogP contribution >= 0.6 is 0 Å². The van der Waals surface area contributed by atoms with Crippen LogP contribution in [0.15, 0.2) is 59.0 Å². The predicted octanol–water partition coefficient (Wildman–Crippen LogP) is 3.62. The maximum Gasteiger partial charge on any atom is 0.328 e. The normalized spacial score (nSPS) is 12.1. The van der Waals surface area contributed by atoms with Gasteiger partial charge in [0.25, 0.3) is 5.91 Å². The van der Waals surface area contributed by atoms with Gasteiger partial charge in [-0.1, -0.05) is 30.3 Å². The summed E-state index contributed by atoms with van der Waals surface area (Å²) in [5, 5.41) is 12.5. The van der Waals surface area contributed by atoms with Crippen molar-refractivity contribution >= 4 is 22.8 Å². The summed E-state index contributed by atoms with van der Waals surface area (Å²) in [4.78, 5) is 24.0. The predicted molar refractivity (Wildman–Crippen MR) is 107 cm³/mol. The first kappa shape index (κ1) is 20.4. The highest BCUT2D eigenvalue weighted by atomic mass is 16.5. The number of carboxylic acid groups (broad SMARTS) is 1. The number of carbonyl (C=O) groups is 2. The number of benzene rings is 2. The fourth-order valence-electron chi connectivity index (χ4n) is 2.75. The van der Waals surface area contributed by atoms with Gasteiger partial charge in [0.1, 0.15) is 11.3 Å². The Morgan fingerprint density at radius 3 is 2.55 bits per heavy atom. The van der Waals surface area contributed by atoms with E-state index in [-0.39, 0.29) is 25.1 Å². The lowest BCUT2D eigenvalue weighted by Crippen LogP contribution is -2.43. The Morgan fingerprint density at radius 2 is 1.86 bits per heavy atom. The lowest BCUT2D eigenvalue weighted by Gasteiger charge is -2.14. The van der Waals surface area contributed by atoms with Gasteiger partial charge in [0, 0.05) is 5.39 Å². The topological polar surface area (TPSA) is 98.0 Å². The van der Waals surface area contributed by atoms with E-state index in [1.165, 1.54) is 0 Å². The van der Waals surface area contributed by atoms with Gasteiger partial charge in [-0.3, -0.25) is 4.79 Å². The molecule has 0 radical (unpaired) electrons. The lowest BCUT2D eigenvalue weighted by atomic mass is 10.2. The van der Waals surface area contributed by atoms with Gasteiger partial charge in [0.15, 0.2) is 11.8 Å². The summed E-state index contributed by atoms with van der Waals surface area (Å²) >= 11 is 0. The third-order valence-corrected chi connectivity index (χ3v) is 4.08. The summed E-state index contributed by atoms with van der Waals surface area (Å²) in [6.07, 6.45) is 0.0225. The van der Waals surface area contributed by atoms with Crippen molar-refractivity contribution in [2.45, 2.75) is 32.6 Å². The molecule has 0 saturated heterocycles. The molecule has 29 heavy (non-hydrogen) atoms. The molecule has 1 unspecified atom stereocenters. The van der Waals surface area contributed by atoms with E-state index >= 15 is 0 Å². The molecule has 7 nitrogen and oxygen atoms in total. The van der Waals surface area contributed by atoms with Crippen molar-refractivity contribution in [2.75, 3.05) is 6.61 Å². The third-order valence-electron chi connectivity index (χ3n) is 4.08. The lowest BCUT2D eigenvalue weighted by molar-refractivity contribution is -0.141. The Labute approximate surface area is 168 Å². The minimum atomic E-state index is -1.20. The maximum atomic E-state index is 12.5. The van der Waals surface area contributed by atoms with Gasteiger partial charge in [0.05, 0.1) is 19.3 Å². The molecule has 2 aromatic carbocycles. The van der Waals surface area contributed by atoms with E-state index in [0.29, 0.717) is 16.7 Å². The molecule has 0 fully saturated rings. The first-order valence-corrected chi connectivity index (χ1v) is 9.28. The fourth-order valence-corrected chi connectivity index (χ4v) is 2.75. The van der Waals surface area contributed by atoms with Crippen LogP contribution in [0.3, 0.4) is 0 Å². The van der Waals surface area contributed by atoms with Crippen molar-refractivity contribution in [3.63, 3.8) is 0 Å². The average Bonchev–Trinajstić information content (AvgIpc) is 3.11. The monoisotopic (exact) mass is 397 g/mol. The SMILES string of the molecule is CC(C)Oc1ccc2oc(C(=O)NC(COCc3ccccc3)C(=O)O)cc2c1. The molecule has 1 atom stereocenters. The second-order valence-electron chi connectivity index (χ2n) is 6.84. The van der Waals surface area contributed by atoms with E-state index in [1.807, 2.05) is 44.2 Å².